The Labute approximate surface area is 143 Å². The van der Waals surface area contributed by atoms with Gasteiger partial charge in [-0.05, 0) is 56.4 Å². The van der Waals surface area contributed by atoms with Crippen molar-refractivity contribution in [3.63, 3.8) is 0 Å². The molecule has 3 N–H and O–H groups in total. The Morgan fingerprint density at radius 2 is 1.96 bits per heavy atom. The fourth-order valence-electron chi connectivity index (χ4n) is 3.11. The van der Waals surface area contributed by atoms with Crippen molar-refractivity contribution in [1.82, 2.24) is 5.32 Å². The smallest absolute Gasteiger partial charge is 0.251 e. The quantitative estimate of drug-likeness (QED) is 0.822. The van der Waals surface area contributed by atoms with E-state index >= 15 is 0 Å². The van der Waals surface area contributed by atoms with Gasteiger partial charge in [0.15, 0.2) is 0 Å². The van der Waals surface area contributed by atoms with Gasteiger partial charge in [-0.2, -0.15) is 0 Å². The highest BCUT2D eigenvalue weighted by molar-refractivity contribution is 5.96. The van der Waals surface area contributed by atoms with Gasteiger partial charge >= 0.3 is 0 Å². The minimum Gasteiger partial charge on any atom is -0.490 e. The average Bonchev–Trinajstić information content (AvgIpc) is 3.09. The summed E-state index contributed by atoms with van der Waals surface area (Å²) < 4.78 is 6.12. The molecular formula is C20H24N2O2. The van der Waals surface area contributed by atoms with Crippen molar-refractivity contribution in [1.29, 1.82) is 0 Å². The minimum atomic E-state index is -0.115. The van der Waals surface area contributed by atoms with E-state index in [4.69, 9.17) is 10.5 Å². The van der Waals surface area contributed by atoms with E-state index in [1.807, 2.05) is 37.3 Å². The van der Waals surface area contributed by atoms with Crippen LogP contribution in [0.1, 0.15) is 47.2 Å². The minimum absolute atomic E-state index is 0.115. The van der Waals surface area contributed by atoms with E-state index in [0.717, 1.165) is 29.7 Å². The van der Waals surface area contributed by atoms with E-state index in [0.29, 0.717) is 23.9 Å². The molecule has 1 aliphatic rings. The summed E-state index contributed by atoms with van der Waals surface area (Å²) in [5.41, 5.74) is 8.91. The molecule has 24 heavy (non-hydrogen) atoms. The summed E-state index contributed by atoms with van der Waals surface area (Å²) in [4.78, 5) is 12.4. The normalized spacial score (nSPS) is 14.5. The number of hydrogen-bond acceptors (Lipinski definition) is 3. The van der Waals surface area contributed by atoms with Gasteiger partial charge in [-0.3, -0.25) is 4.79 Å². The van der Waals surface area contributed by atoms with Gasteiger partial charge in [-0.15, -0.1) is 0 Å². The monoisotopic (exact) mass is 324 g/mol. The van der Waals surface area contributed by atoms with Crippen LogP contribution in [-0.2, 0) is 6.54 Å². The maximum Gasteiger partial charge on any atom is 0.251 e. The number of anilines is 1. The van der Waals surface area contributed by atoms with Crippen LogP contribution in [0.15, 0.2) is 42.5 Å². The third-order valence-electron chi connectivity index (χ3n) is 4.51. The molecule has 0 aromatic heterocycles. The van der Waals surface area contributed by atoms with E-state index in [9.17, 15) is 4.79 Å². The topological polar surface area (TPSA) is 64.4 Å². The lowest BCUT2D eigenvalue weighted by atomic mass is 10.1. The number of nitrogens with one attached hydrogen (secondary N) is 1. The van der Waals surface area contributed by atoms with Crippen molar-refractivity contribution < 1.29 is 9.53 Å². The second-order valence-corrected chi connectivity index (χ2v) is 6.39. The van der Waals surface area contributed by atoms with E-state index in [1.54, 1.807) is 12.1 Å². The number of carbonyl (C=O) groups excluding carboxylic acids is 1. The van der Waals surface area contributed by atoms with Gasteiger partial charge in [0.2, 0.25) is 0 Å². The summed E-state index contributed by atoms with van der Waals surface area (Å²) in [6, 6.07) is 13.3. The number of amides is 1. The van der Waals surface area contributed by atoms with Crippen LogP contribution in [-0.4, -0.2) is 12.0 Å². The number of para-hydroxylation sites is 1. The van der Waals surface area contributed by atoms with Gasteiger partial charge in [0.1, 0.15) is 5.75 Å². The SMILES string of the molecule is Cc1ccc(N)cc1C(=O)NCc1ccccc1OC1CCCC1. The van der Waals surface area contributed by atoms with Crippen LogP contribution in [0.3, 0.4) is 0 Å². The van der Waals surface area contributed by atoms with Crippen molar-refractivity contribution in [2.75, 3.05) is 5.73 Å². The molecule has 0 unspecified atom stereocenters. The Bertz CT molecular complexity index is 721. The van der Waals surface area contributed by atoms with Crippen LogP contribution < -0.4 is 15.8 Å². The largest absolute Gasteiger partial charge is 0.490 e. The highest BCUT2D eigenvalue weighted by atomic mass is 16.5. The van der Waals surface area contributed by atoms with Crippen LogP contribution in [0.2, 0.25) is 0 Å². The van der Waals surface area contributed by atoms with Crippen LogP contribution in [0, 0.1) is 6.92 Å². The third kappa shape index (κ3) is 3.88. The fraction of sp³-hybridized carbons (Fsp3) is 0.350. The van der Waals surface area contributed by atoms with E-state index in [1.165, 1.54) is 12.8 Å². The lowest BCUT2D eigenvalue weighted by Gasteiger charge is -2.17. The number of ether oxygens (including phenoxy) is 1. The van der Waals surface area contributed by atoms with Crippen LogP contribution in [0.4, 0.5) is 5.69 Å². The lowest BCUT2D eigenvalue weighted by molar-refractivity contribution is 0.0950. The van der Waals surface area contributed by atoms with Gasteiger partial charge < -0.3 is 15.8 Å². The fourth-order valence-corrected chi connectivity index (χ4v) is 3.11. The summed E-state index contributed by atoms with van der Waals surface area (Å²) in [5.74, 6) is 0.754. The molecule has 0 saturated heterocycles. The summed E-state index contributed by atoms with van der Waals surface area (Å²) in [7, 11) is 0. The van der Waals surface area contributed by atoms with Crippen molar-refractivity contribution in [2.24, 2.45) is 0 Å². The predicted molar refractivity (Wildman–Crippen MR) is 96.1 cm³/mol. The average molecular weight is 324 g/mol. The summed E-state index contributed by atoms with van der Waals surface area (Å²) in [6.45, 7) is 2.35. The second-order valence-electron chi connectivity index (χ2n) is 6.39. The summed E-state index contributed by atoms with van der Waals surface area (Å²) in [5, 5.41) is 2.97. The van der Waals surface area contributed by atoms with Crippen LogP contribution in [0.25, 0.3) is 0 Å². The zero-order valence-electron chi connectivity index (χ0n) is 14.0. The highest BCUT2D eigenvalue weighted by Crippen LogP contribution is 2.26. The highest BCUT2D eigenvalue weighted by Gasteiger charge is 2.18. The predicted octanol–water partition coefficient (Wildman–Crippen LogP) is 3.83. The number of benzene rings is 2. The van der Waals surface area contributed by atoms with Crippen LogP contribution >= 0.6 is 0 Å². The third-order valence-corrected chi connectivity index (χ3v) is 4.51. The van der Waals surface area contributed by atoms with Crippen molar-refractivity contribution in [2.45, 2.75) is 45.3 Å². The standard InChI is InChI=1S/C20H24N2O2/c1-14-10-11-16(21)12-18(14)20(23)22-13-15-6-2-5-9-19(15)24-17-7-3-4-8-17/h2,5-6,9-12,17H,3-4,7-8,13,21H2,1H3,(H,22,23). The molecule has 0 spiro atoms. The number of nitrogen functional groups attached to an aromatic ring is 1. The molecule has 0 atom stereocenters. The molecule has 3 rings (SSSR count). The van der Waals surface area contributed by atoms with Crippen LogP contribution in [0.5, 0.6) is 5.75 Å². The van der Waals surface area contributed by atoms with E-state index in [2.05, 4.69) is 5.32 Å². The number of hydrogen-bond donors (Lipinski definition) is 2. The first-order chi connectivity index (χ1) is 11.6. The molecule has 4 heteroatoms. The Hall–Kier alpha value is -2.49. The molecule has 0 heterocycles. The molecule has 0 radical (unpaired) electrons. The zero-order valence-corrected chi connectivity index (χ0v) is 14.0. The lowest BCUT2D eigenvalue weighted by Crippen LogP contribution is -2.24. The second kappa shape index (κ2) is 7.39. The Kier molecular flexibility index (Phi) is 5.04. The zero-order chi connectivity index (χ0) is 16.9. The Morgan fingerprint density at radius 1 is 1.21 bits per heavy atom. The molecule has 0 bridgehead atoms. The molecule has 1 saturated carbocycles. The molecule has 2 aromatic carbocycles. The van der Waals surface area contributed by atoms with Crippen molar-refractivity contribution in [3.05, 3.63) is 59.2 Å². The first-order valence-electron chi connectivity index (χ1n) is 8.52. The maximum absolute atomic E-state index is 12.4. The van der Waals surface area contributed by atoms with E-state index in [-0.39, 0.29) is 5.91 Å². The van der Waals surface area contributed by atoms with E-state index < -0.39 is 0 Å². The maximum atomic E-state index is 12.4. The number of nitrogens with two attached hydrogens (primary N) is 1. The molecule has 1 aliphatic carbocycles. The molecule has 2 aromatic rings. The summed E-state index contributed by atoms with van der Waals surface area (Å²) in [6.07, 6.45) is 5.00. The number of aryl methyl sites for hydroxylation is 1. The van der Waals surface area contributed by atoms with Crippen molar-refractivity contribution in [3.8, 4) is 5.75 Å². The van der Waals surface area contributed by atoms with Gasteiger partial charge in [-0.25, -0.2) is 0 Å². The Balaban J connectivity index is 1.67. The first-order valence-corrected chi connectivity index (χ1v) is 8.52. The van der Waals surface area contributed by atoms with Gasteiger partial charge in [0.05, 0.1) is 6.10 Å². The number of carbonyl (C=O) groups is 1. The molecule has 1 amide bonds. The molecule has 4 nitrogen and oxygen atoms in total. The molecular weight excluding hydrogens is 300 g/mol. The molecule has 126 valence electrons. The summed E-state index contributed by atoms with van der Waals surface area (Å²) >= 11 is 0. The van der Waals surface area contributed by atoms with Gasteiger partial charge in [-0.1, -0.05) is 24.3 Å². The molecule has 0 aliphatic heterocycles. The number of rotatable bonds is 5. The van der Waals surface area contributed by atoms with Gasteiger partial charge in [0, 0.05) is 23.4 Å². The van der Waals surface area contributed by atoms with Crippen molar-refractivity contribution >= 4 is 11.6 Å². The molecule has 1 fully saturated rings. The van der Waals surface area contributed by atoms with Gasteiger partial charge in [0.25, 0.3) is 5.91 Å². The Morgan fingerprint density at radius 3 is 2.75 bits per heavy atom. The first kappa shape index (κ1) is 16.4.